The fourth-order valence-electron chi connectivity index (χ4n) is 4.23. The van der Waals surface area contributed by atoms with Gasteiger partial charge >= 0.3 is 5.97 Å². The molecule has 0 saturated carbocycles. The molecular formula is C29H27ClN2O5S. The first kappa shape index (κ1) is 26.0. The zero-order valence-corrected chi connectivity index (χ0v) is 22.4. The summed E-state index contributed by atoms with van der Waals surface area (Å²) >= 11 is 7.73. The van der Waals surface area contributed by atoms with Gasteiger partial charge in [-0.3, -0.25) is 0 Å². The lowest BCUT2D eigenvalue weighted by Crippen LogP contribution is -2.36. The van der Waals surface area contributed by atoms with Gasteiger partial charge in [-0.05, 0) is 60.5 Å². The molecule has 3 aromatic carbocycles. The van der Waals surface area contributed by atoms with E-state index in [1.54, 1.807) is 23.5 Å². The summed E-state index contributed by atoms with van der Waals surface area (Å²) in [6.07, 6.45) is 0. The summed E-state index contributed by atoms with van der Waals surface area (Å²) in [4.78, 5) is 19.1. The number of halogens is 1. The van der Waals surface area contributed by atoms with E-state index in [4.69, 9.17) is 35.9 Å². The molecule has 196 valence electrons. The van der Waals surface area contributed by atoms with Gasteiger partial charge in [0.1, 0.15) is 23.1 Å². The average molecular weight is 551 g/mol. The van der Waals surface area contributed by atoms with Crippen molar-refractivity contribution >= 4 is 34.6 Å². The number of carboxylic acid groups (broad SMARTS) is 1. The topological polar surface area (TPSA) is 81.1 Å². The molecule has 1 aliphatic heterocycles. The van der Waals surface area contributed by atoms with Gasteiger partial charge in [-0.2, -0.15) is 0 Å². The highest BCUT2D eigenvalue weighted by Crippen LogP contribution is 2.38. The number of hydrogen-bond acceptors (Lipinski definition) is 7. The second kappa shape index (κ2) is 11.9. The fourth-order valence-corrected chi connectivity index (χ4v) is 5.36. The van der Waals surface area contributed by atoms with Crippen molar-refractivity contribution in [3.05, 3.63) is 82.3 Å². The van der Waals surface area contributed by atoms with E-state index in [-0.39, 0.29) is 6.61 Å². The second-order valence-corrected chi connectivity index (χ2v) is 10.4. The molecule has 0 unspecified atom stereocenters. The van der Waals surface area contributed by atoms with Gasteiger partial charge in [-0.1, -0.05) is 35.9 Å². The number of rotatable bonds is 9. The van der Waals surface area contributed by atoms with Crippen molar-refractivity contribution in [2.45, 2.75) is 13.5 Å². The molecule has 5 rings (SSSR count). The minimum Gasteiger partial charge on any atom is -0.486 e. The minimum atomic E-state index is -1.02. The molecule has 1 aliphatic rings. The SMILES string of the molecule is Cc1cc(OCc2nc(-c3ccc(N4CCOCC4)cc3)c(-c3ccc(Cl)cc3)s2)ccc1OCC(=O)O. The van der Waals surface area contributed by atoms with Crippen LogP contribution in [-0.4, -0.2) is 49.0 Å². The molecule has 0 amide bonds. The van der Waals surface area contributed by atoms with Crippen LogP contribution in [0.5, 0.6) is 11.5 Å². The molecule has 2 heterocycles. The molecule has 0 aliphatic carbocycles. The highest BCUT2D eigenvalue weighted by atomic mass is 35.5. The summed E-state index contributed by atoms with van der Waals surface area (Å²) in [5, 5.41) is 10.4. The number of aliphatic carboxylic acids is 1. The van der Waals surface area contributed by atoms with Gasteiger partial charge in [0.25, 0.3) is 0 Å². The van der Waals surface area contributed by atoms with E-state index in [9.17, 15) is 4.79 Å². The zero-order valence-electron chi connectivity index (χ0n) is 20.9. The van der Waals surface area contributed by atoms with Crippen molar-refractivity contribution in [1.82, 2.24) is 4.98 Å². The van der Waals surface area contributed by atoms with E-state index in [0.717, 1.165) is 58.6 Å². The summed E-state index contributed by atoms with van der Waals surface area (Å²) in [6.45, 7) is 5.03. The maximum atomic E-state index is 10.8. The number of ether oxygens (including phenoxy) is 3. The van der Waals surface area contributed by atoms with Gasteiger partial charge in [-0.25, -0.2) is 9.78 Å². The molecule has 1 aromatic heterocycles. The molecule has 1 fully saturated rings. The third-order valence-electron chi connectivity index (χ3n) is 6.15. The van der Waals surface area contributed by atoms with Crippen LogP contribution in [0.1, 0.15) is 10.6 Å². The Labute approximate surface area is 230 Å². The average Bonchev–Trinajstić information content (AvgIpc) is 3.36. The van der Waals surface area contributed by atoms with E-state index in [2.05, 4.69) is 29.2 Å². The van der Waals surface area contributed by atoms with Crippen LogP contribution in [-0.2, 0) is 16.1 Å². The molecule has 4 aromatic rings. The number of hydrogen-bond donors (Lipinski definition) is 1. The minimum absolute atomic E-state index is 0.298. The largest absolute Gasteiger partial charge is 0.486 e. The molecule has 7 nitrogen and oxygen atoms in total. The lowest BCUT2D eigenvalue weighted by molar-refractivity contribution is -0.139. The first-order chi connectivity index (χ1) is 18.5. The summed E-state index contributed by atoms with van der Waals surface area (Å²) in [5.41, 5.74) is 4.95. The maximum absolute atomic E-state index is 10.8. The Morgan fingerprint density at radius 1 is 1.03 bits per heavy atom. The van der Waals surface area contributed by atoms with Crippen LogP contribution in [0.3, 0.4) is 0 Å². The fraction of sp³-hybridized carbons (Fsp3) is 0.241. The zero-order chi connectivity index (χ0) is 26.5. The van der Waals surface area contributed by atoms with E-state index >= 15 is 0 Å². The van der Waals surface area contributed by atoms with Gasteiger partial charge in [-0.15, -0.1) is 11.3 Å². The van der Waals surface area contributed by atoms with E-state index < -0.39 is 5.97 Å². The summed E-state index contributed by atoms with van der Waals surface area (Å²) in [5.74, 6) is 0.156. The van der Waals surface area contributed by atoms with Crippen LogP contribution in [0.15, 0.2) is 66.7 Å². The Balaban J connectivity index is 1.37. The van der Waals surface area contributed by atoms with Crippen LogP contribution >= 0.6 is 22.9 Å². The van der Waals surface area contributed by atoms with E-state index in [1.165, 1.54) is 5.69 Å². The highest BCUT2D eigenvalue weighted by molar-refractivity contribution is 7.15. The Kier molecular flexibility index (Phi) is 8.12. The number of carbonyl (C=O) groups is 1. The normalized spacial score (nSPS) is 13.4. The lowest BCUT2D eigenvalue weighted by Gasteiger charge is -2.28. The van der Waals surface area contributed by atoms with Gasteiger partial charge in [0, 0.05) is 29.4 Å². The van der Waals surface area contributed by atoms with Crippen molar-refractivity contribution in [2.24, 2.45) is 0 Å². The van der Waals surface area contributed by atoms with Crippen LogP contribution in [0.2, 0.25) is 5.02 Å². The predicted octanol–water partition coefficient (Wildman–Crippen LogP) is 6.32. The quantitative estimate of drug-likeness (QED) is 0.261. The summed E-state index contributed by atoms with van der Waals surface area (Å²) in [7, 11) is 0. The first-order valence-corrected chi connectivity index (χ1v) is 13.4. The molecule has 1 saturated heterocycles. The number of anilines is 1. The summed E-state index contributed by atoms with van der Waals surface area (Å²) < 4.78 is 16.8. The van der Waals surface area contributed by atoms with Crippen LogP contribution in [0, 0.1) is 6.92 Å². The molecule has 9 heteroatoms. The van der Waals surface area contributed by atoms with Crippen molar-refractivity contribution in [1.29, 1.82) is 0 Å². The van der Waals surface area contributed by atoms with Gasteiger partial charge < -0.3 is 24.2 Å². The number of nitrogens with zero attached hydrogens (tertiary/aromatic N) is 2. The third kappa shape index (κ3) is 6.27. The number of benzene rings is 3. The Morgan fingerprint density at radius 3 is 2.42 bits per heavy atom. The smallest absolute Gasteiger partial charge is 0.341 e. The molecule has 0 spiro atoms. The second-order valence-electron chi connectivity index (χ2n) is 8.84. The lowest BCUT2D eigenvalue weighted by atomic mass is 10.1. The standard InChI is InChI=1S/C29H27ClN2O5S/c1-19-16-24(10-11-25(19)37-18-27(33)34)36-17-26-31-28(29(38-26)21-2-6-22(30)7-3-21)20-4-8-23(9-5-20)32-12-14-35-15-13-32/h2-11,16H,12-15,17-18H2,1H3,(H,33,34). The van der Waals surface area contributed by atoms with Crippen molar-refractivity contribution in [3.8, 4) is 33.2 Å². The van der Waals surface area contributed by atoms with Crippen molar-refractivity contribution in [2.75, 3.05) is 37.8 Å². The van der Waals surface area contributed by atoms with E-state index in [0.29, 0.717) is 23.1 Å². The van der Waals surface area contributed by atoms with Crippen molar-refractivity contribution < 1.29 is 24.1 Å². The number of thiazole rings is 1. The Hall–Kier alpha value is -3.59. The van der Waals surface area contributed by atoms with Crippen LogP contribution < -0.4 is 14.4 Å². The van der Waals surface area contributed by atoms with E-state index in [1.807, 2.05) is 37.3 Å². The molecule has 1 N–H and O–H groups in total. The van der Waals surface area contributed by atoms with Crippen LogP contribution in [0.25, 0.3) is 21.7 Å². The summed E-state index contributed by atoms with van der Waals surface area (Å²) in [6, 6.07) is 21.6. The first-order valence-electron chi connectivity index (χ1n) is 12.2. The molecule has 0 radical (unpaired) electrons. The predicted molar refractivity (Wildman–Crippen MR) is 150 cm³/mol. The molecule has 38 heavy (non-hydrogen) atoms. The van der Waals surface area contributed by atoms with Gasteiger partial charge in [0.05, 0.1) is 23.8 Å². The Bertz CT molecular complexity index is 1400. The number of aryl methyl sites for hydroxylation is 1. The number of morpholine rings is 1. The Morgan fingerprint density at radius 2 is 1.74 bits per heavy atom. The number of aromatic nitrogens is 1. The van der Waals surface area contributed by atoms with Gasteiger partial charge in [0.15, 0.2) is 6.61 Å². The van der Waals surface area contributed by atoms with Gasteiger partial charge in [0.2, 0.25) is 0 Å². The number of carboxylic acids is 1. The highest BCUT2D eigenvalue weighted by Gasteiger charge is 2.17. The monoisotopic (exact) mass is 550 g/mol. The van der Waals surface area contributed by atoms with Crippen molar-refractivity contribution in [3.63, 3.8) is 0 Å². The molecular weight excluding hydrogens is 524 g/mol. The third-order valence-corrected chi connectivity index (χ3v) is 7.48. The van der Waals surface area contributed by atoms with Crippen LogP contribution in [0.4, 0.5) is 5.69 Å². The molecule has 0 bridgehead atoms. The maximum Gasteiger partial charge on any atom is 0.341 e. The molecule has 0 atom stereocenters.